The minimum atomic E-state index is 0. The van der Waals surface area contributed by atoms with Gasteiger partial charge in [-0.1, -0.05) is 42.5 Å². The lowest BCUT2D eigenvalue weighted by Gasteiger charge is -2.25. The lowest BCUT2D eigenvalue weighted by Crippen LogP contribution is -2.40. The van der Waals surface area contributed by atoms with E-state index in [4.69, 9.17) is 5.26 Å². The highest BCUT2D eigenvalue weighted by Gasteiger charge is 2.09. The van der Waals surface area contributed by atoms with E-state index in [1.54, 1.807) is 0 Å². The van der Waals surface area contributed by atoms with Gasteiger partial charge < -0.3 is 10.6 Å². The Morgan fingerprint density at radius 2 is 1.76 bits per heavy atom. The monoisotopic (exact) mass is 505 g/mol. The van der Waals surface area contributed by atoms with Gasteiger partial charge in [0.15, 0.2) is 5.96 Å². The predicted octanol–water partition coefficient (Wildman–Crippen LogP) is 4.14. The number of halogens is 1. The number of nitriles is 1. The molecule has 0 saturated heterocycles. The molecular formula is C23H32IN5. The Morgan fingerprint density at radius 1 is 1.07 bits per heavy atom. The van der Waals surface area contributed by atoms with E-state index in [2.05, 4.69) is 77.8 Å². The van der Waals surface area contributed by atoms with Crippen LogP contribution in [0.4, 0.5) is 0 Å². The second kappa shape index (κ2) is 14.0. The summed E-state index contributed by atoms with van der Waals surface area (Å²) >= 11 is 0. The van der Waals surface area contributed by atoms with Crippen LogP contribution < -0.4 is 10.6 Å². The average Bonchev–Trinajstić information content (AvgIpc) is 2.73. The van der Waals surface area contributed by atoms with Crippen molar-refractivity contribution in [2.24, 2.45) is 4.99 Å². The second-order valence-electron chi connectivity index (χ2n) is 6.97. The Hall–Kier alpha value is -2.11. The molecule has 0 saturated carbocycles. The molecule has 156 valence electrons. The molecule has 0 spiro atoms. The van der Waals surface area contributed by atoms with Crippen LogP contribution in [-0.4, -0.2) is 37.0 Å². The van der Waals surface area contributed by atoms with E-state index in [9.17, 15) is 0 Å². The van der Waals surface area contributed by atoms with Crippen molar-refractivity contribution in [3.63, 3.8) is 0 Å². The highest BCUT2D eigenvalue weighted by molar-refractivity contribution is 14.0. The first kappa shape index (κ1) is 24.9. The second-order valence-corrected chi connectivity index (χ2v) is 6.97. The summed E-state index contributed by atoms with van der Waals surface area (Å²) in [6.45, 7) is 7.54. The first-order chi connectivity index (χ1) is 13.6. The molecule has 0 aliphatic rings. The molecule has 1 atom stereocenters. The maximum atomic E-state index is 8.88. The van der Waals surface area contributed by atoms with Crippen molar-refractivity contribution >= 4 is 29.9 Å². The topological polar surface area (TPSA) is 63.5 Å². The third-order valence-electron chi connectivity index (χ3n) is 4.73. The fraction of sp³-hybridized carbons (Fsp3) is 0.391. The summed E-state index contributed by atoms with van der Waals surface area (Å²) in [6, 6.07) is 20.7. The van der Waals surface area contributed by atoms with Crippen molar-refractivity contribution in [1.82, 2.24) is 15.5 Å². The van der Waals surface area contributed by atoms with Crippen LogP contribution in [0.2, 0.25) is 0 Å². The summed E-state index contributed by atoms with van der Waals surface area (Å²) in [4.78, 5) is 7.02. The van der Waals surface area contributed by atoms with E-state index in [0.717, 1.165) is 37.6 Å². The Bertz CT molecular complexity index is 768. The predicted molar refractivity (Wildman–Crippen MR) is 131 cm³/mol. The van der Waals surface area contributed by atoms with Gasteiger partial charge in [-0.05, 0) is 50.6 Å². The molecule has 2 aromatic carbocycles. The zero-order valence-electron chi connectivity index (χ0n) is 17.6. The molecule has 6 heteroatoms. The largest absolute Gasteiger partial charge is 0.357 e. The van der Waals surface area contributed by atoms with E-state index in [-0.39, 0.29) is 24.0 Å². The van der Waals surface area contributed by atoms with Crippen LogP contribution in [0, 0.1) is 11.3 Å². The maximum Gasteiger partial charge on any atom is 0.191 e. The number of nitrogens with zero attached hydrogens (tertiary/aromatic N) is 3. The average molecular weight is 505 g/mol. The minimum absolute atomic E-state index is 0. The standard InChI is InChI=1S/C23H31N5.HI/c1-4-25-23(27-17-21-12-10-20(16-24)11-13-21)26-15-14-19(2)28(3)18-22-8-6-5-7-9-22;/h5-13,19H,4,14-15,17-18H2,1-3H3,(H2,25,26,27);1H. The Balaban J connectivity index is 0.00000420. The smallest absolute Gasteiger partial charge is 0.191 e. The molecule has 0 aliphatic heterocycles. The number of hydrogen-bond donors (Lipinski definition) is 2. The van der Waals surface area contributed by atoms with E-state index in [1.807, 2.05) is 24.3 Å². The molecule has 0 fully saturated rings. The maximum absolute atomic E-state index is 8.88. The highest BCUT2D eigenvalue weighted by atomic mass is 127. The lowest BCUT2D eigenvalue weighted by atomic mass is 10.1. The van der Waals surface area contributed by atoms with E-state index in [1.165, 1.54) is 5.56 Å². The molecule has 0 aliphatic carbocycles. The van der Waals surface area contributed by atoms with Gasteiger partial charge in [-0.15, -0.1) is 24.0 Å². The van der Waals surface area contributed by atoms with Gasteiger partial charge in [-0.3, -0.25) is 4.90 Å². The van der Waals surface area contributed by atoms with Crippen LogP contribution in [0.1, 0.15) is 37.0 Å². The van der Waals surface area contributed by atoms with E-state index < -0.39 is 0 Å². The number of hydrogen-bond acceptors (Lipinski definition) is 3. The van der Waals surface area contributed by atoms with Gasteiger partial charge >= 0.3 is 0 Å². The summed E-state index contributed by atoms with van der Waals surface area (Å²) in [7, 11) is 2.17. The van der Waals surface area contributed by atoms with Crippen molar-refractivity contribution in [3.05, 3.63) is 71.3 Å². The minimum Gasteiger partial charge on any atom is -0.357 e. The summed E-state index contributed by atoms with van der Waals surface area (Å²) in [6.07, 6.45) is 1.03. The van der Waals surface area contributed by atoms with Crippen molar-refractivity contribution in [3.8, 4) is 6.07 Å². The fourth-order valence-electron chi connectivity index (χ4n) is 2.84. The first-order valence-corrected chi connectivity index (χ1v) is 9.87. The molecule has 0 aromatic heterocycles. The van der Waals surface area contributed by atoms with Gasteiger partial charge in [0, 0.05) is 25.7 Å². The van der Waals surface area contributed by atoms with Crippen LogP contribution in [0.5, 0.6) is 0 Å². The summed E-state index contributed by atoms with van der Waals surface area (Å²) in [5, 5.41) is 15.6. The number of guanidine groups is 1. The van der Waals surface area contributed by atoms with E-state index in [0.29, 0.717) is 18.2 Å². The van der Waals surface area contributed by atoms with Crippen LogP contribution in [0.15, 0.2) is 59.6 Å². The zero-order valence-corrected chi connectivity index (χ0v) is 19.9. The molecule has 0 radical (unpaired) electrons. The summed E-state index contributed by atoms with van der Waals surface area (Å²) in [5.41, 5.74) is 3.10. The van der Waals surface area contributed by atoms with Crippen LogP contribution in [0.25, 0.3) is 0 Å². The third kappa shape index (κ3) is 9.29. The molecule has 29 heavy (non-hydrogen) atoms. The SMILES string of the molecule is CCNC(=NCc1ccc(C#N)cc1)NCCC(C)N(C)Cc1ccccc1.I. The number of nitrogens with one attached hydrogen (secondary N) is 2. The van der Waals surface area contributed by atoms with Crippen molar-refractivity contribution < 1.29 is 0 Å². The van der Waals surface area contributed by atoms with Gasteiger partial charge in [0.25, 0.3) is 0 Å². The molecule has 0 bridgehead atoms. The quantitative estimate of drug-likeness (QED) is 0.306. The van der Waals surface area contributed by atoms with Crippen LogP contribution in [0.3, 0.4) is 0 Å². The first-order valence-electron chi connectivity index (χ1n) is 9.87. The molecule has 2 aromatic rings. The van der Waals surface area contributed by atoms with Crippen molar-refractivity contribution in [2.45, 2.75) is 39.4 Å². The molecule has 0 heterocycles. The van der Waals surface area contributed by atoms with Crippen molar-refractivity contribution in [1.29, 1.82) is 5.26 Å². The number of aliphatic imine (C=N–C) groups is 1. The van der Waals surface area contributed by atoms with Crippen LogP contribution >= 0.6 is 24.0 Å². The number of rotatable bonds is 9. The van der Waals surface area contributed by atoms with Gasteiger partial charge in [0.05, 0.1) is 18.2 Å². The molecule has 0 amide bonds. The normalized spacial score (nSPS) is 12.0. The lowest BCUT2D eigenvalue weighted by molar-refractivity contribution is 0.238. The zero-order chi connectivity index (χ0) is 20.2. The molecule has 2 rings (SSSR count). The molecule has 2 N–H and O–H groups in total. The Morgan fingerprint density at radius 3 is 2.38 bits per heavy atom. The fourth-order valence-corrected chi connectivity index (χ4v) is 2.84. The van der Waals surface area contributed by atoms with Gasteiger partial charge in [-0.25, -0.2) is 4.99 Å². The number of benzene rings is 2. The summed E-state index contributed by atoms with van der Waals surface area (Å²) in [5.74, 6) is 0.824. The Labute approximate surface area is 192 Å². The van der Waals surface area contributed by atoms with Gasteiger partial charge in [-0.2, -0.15) is 5.26 Å². The van der Waals surface area contributed by atoms with Crippen LogP contribution in [-0.2, 0) is 13.1 Å². The third-order valence-corrected chi connectivity index (χ3v) is 4.73. The van der Waals surface area contributed by atoms with E-state index >= 15 is 0 Å². The van der Waals surface area contributed by atoms with Crippen molar-refractivity contribution in [2.75, 3.05) is 20.1 Å². The molecule has 5 nitrogen and oxygen atoms in total. The highest BCUT2D eigenvalue weighted by Crippen LogP contribution is 2.08. The van der Waals surface area contributed by atoms with Gasteiger partial charge in [0.1, 0.15) is 0 Å². The van der Waals surface area contributed by atoms with Gasteiger partial charge in [0.2, 0.25) is 0 Å². The molecular weight excluding hydrogens is 473 g/mol. The molecule has 1 unspecified atom stereocenters. The summed E-state index contributed by atoms with van der Waals surface area (Å²) < 4.78 is 0. The Kier molecular flexibility index (Phi) is 12.0.